The van der Waals surface area contributed by atoms with Gasteiger partial charge in [-0.2, -0.15) is 18.2 Å². The van der Waals surface area contributed by atoms with E-state index < -0.39 is 0 Å². The van der Waals surface area contributed by atoms with Crippen molar-refractivity contribution in [3.8, 4) is 50.9 Å². The first-order valence-electron chi connectivity index (χ1n) is 23.2. The van der Waals surface area contributed by atoms with E-state index in [4.69, 9.17) is 9.72 Å². The minimum Gasteiger partial charge on any atom is -0.510 e. The normalized spacial score (nSPS) is 11.7. The van der Waals surface area contributed by atoms with Crippen LogP contribution in [0.1, 0.15) is 0 Å². The van der Waals surface area contributed by atoms with Crippen molar-refractivity contribution in [1.29, 1.82) is 0 Å². The van der Waals surface area contributed by atoms with Crippen molar-refractivity contribution in [3.05, 3.63) is 225 Å². The molecule has 0 saturated heterocycles. The second kappa shape index (κ2) is 16.3. The average Bonchev–Trinajstić information content (AvgIpc) is 4.13. The van der Waals surface area contributed by atoms with Crippen molar-refractivity contribution in [3.63, 3.8) is 0 Å². The Morgan fingerprint density at radius 3 is 1.74 bits per heavy atom. The predicted octanol–water partition coefficient (Wildman–Crippen LogP) is 14.2. The van der Waals surface area contributed by atoms with Crippen molar-refractivity contribution in [1.82, 2.24) is 23.3 Å². The van der Waals surface area contributed by atoms with Crippen LogP contribution in [0, 0.1) is 18.5 Å². The smallest absolute Gasteiger partial charge is 0.268 e. The summed E-state index contributed by atoms with van der Waals surface area (Å²) in [5, 5.41) is 7.13. The van der Waals surface area contributed by atoms with Crippen molar-refractivity contribution in [2.45, 2.75) is 0 Å². The monoisotopic (exact) mass is 1080 g/mol. The third-order valence-electron chi connectivity index (χ3n) is 13.9. The van der Waals surface area contributed by atoms with Gasteiger partial charge < -0.3 is 23.0 Å². The Morgan fingerprint density at radius 2 is 1.06 bits per heavy atom. The molecule has 0 N–H and O–H groups in total. The fourth-order valence-electron chi connectivity index (χ4n) is 10.9. The number of rotatable bonds is 7. The number of pyridine rings is 1. The fourth-order valence-corrected chi connectivity index (χ4v) is 10.9. The summed E-state index contributed by atoms with van der Waals surface area (Å²) in [4.78, 5) is 4.98. The van der Waals surface area contributed by atoms with Gasteiger partial charge in [-0.15, -0.1) is 24.3 Å². The second-order valence-corrected chi connectivity index (χ2v) is 17.6. The van der Waals surface area contributed by atoms with E-state index >= 15 is 0 Å². The van der Waals surface area contributed by atoms with Crippen molar-refractivity contribution in [2.24, 2.45) is 14.1 Å². The molecule has 5 aromatic heterocycles. The Morgan fingerprint density at radius 1 is 0.471 bits per heavy atom. The standard InChI is InChI=1S/C62H40N6O.Pt/c1-64-50-29-11-9-25-47(50)56-57-48-26-10-12-30-51(48)65(2)61(57)62-58(60(56)64)49-35-34-44(38-54(49)68(62)55-33-15-16-36-63-55)69-43-24-17-23-42(37-43)66-39-67(53-32-14-13-31-52(53)66)59-45(40-19-5-3-6-20-40)27-18-28-46(59)41-21-7-4-8-22-41;/h3-36H,1-2H3;/q-2;. The summed E-state index contributed by atoms with van der Waals surface area (Å²) in [5.74, 6) is 1.93. The SMILES string of the molecule is Cn1c2ccccc2c2c3c4ccccc4n(C)c3c3c(c4ccc(Oc5[c-]c(-[n+]6[c-]n(-c7c(-c8ccccc8)cccc7-c7ccccc7)c7ccccc76)ccc5)[c-]c4n3-c3ccccn3)c21.[Pt]. The van der Waals surface area contributed by atoms with Crippen LogP contribution in [0.2, 0.25) is 0 Å². The zero-order valence-electron chi connectivity index (χ0n) is 38.0. The van der Waals surface area contributed by atoms with E-state index in [9.17, 15) is 0 Å². The number of hydrogen-bond acceptors (Lipinski definition) is 2. The molecular weight excluding hydrogens is 1040 g/mol. The molecule has 0 radical (unpaired) electrons. The minimum atomic E-state index is 0. The largest absolute Gasteiger partial charge is 0.510 e. The van der Waals surface area contributed by atoms with Crippen LogP contribution in [-0.4, -0.2) is 23.3 Å². The van der Waals surface area contributed by atoms with Gasteiger partial charge in [-0.1, -0.05) is 156 Å². The maximum atomic E-state index is 6.82. The molecule has 0 unspecified atom stereocenters. The Balaban J connectivity index is 0.00000480. The van der Waals surface area contributed by atoms with E-state index in [1.54, 1.807) is 0 Å². The molecule has 70 heavy (non-hydrogen) atoms. The fraction of sp³-hybridized carbons (Fsp3) is 0.0323. The van der Waals surface area contributed by atoms with Gasteiger partial charge in [0.25, 0.3) is 6.33 Å². The van der Waals surface area contributed by atoms with Gasteiger partial charge in [-0.25, -0.2) is 4.98 Å². The van der Waals surface area contributed by atoms with Crippen LogP contribution in [0.5, 0.6) is 11.5 Å². The van der Waals surface area contributed by atoms with Gasteiger partial charge in [-0.3, -0.25) is 4.57 Å². The molecule has 9 aromatic carbocycles. The molecule has 14 aromatic rings. The number of imidazole rings is 1. The Bertz CT molecular complexity index is 4300. The maximum absolute atomic E-state index is 6.82. The van der Waals surface area contributed by atoms with Crippen LogP contribution in [0.4, 0.5) is 0 Å². The summed E-state index contributed by atoms with van der Waals surface area (Å²) in [5.41, 5.74) is 14.9. The average molecular weight is 1080 g/mol. The van der Waals surface area contributed by atoms with Crippen LogP contribution < -0.4 is 9.30 Å². The van der Waals surface area contributed by atoms with Crippen molar-refractivity contribution in [2.75, 3.05) is 0 Å². The zero-order valence-corrected chi connectivity index (χ0v) is 40.3. The summed E-state index contributed by atoms with van der Waals surface area (Å²) >= 11 is 0. The number of hydrogen-bond donors (Lipinski definition) is 0. The van der Waals surface area contributed by atoms with Crippen LogP contribution >= 0.6 is 0 Å². The number of fused-ring (bicyclic) bond motifs is 13. The van der Waals surface area contributed by atoms with Gasteiger partial charge in [-0.05, 0) is 57.6 Å². The number of nitrogens with zero attached hydrogens (tertiary/aromatic N) is 6. The molecule has 7 nitrogen and oxygen atoms in total. The van der Waals surface area contributed by atoms with Gasteiger partial charge in [0.1, 0.15) is 5.82 Å². The topological polar surface area (TPSA) is 45.7 Å². The second-order valence-electron chi connectivity index (χ2n) is 17.6. The predicted molar refractivity (Wildman–Crippen MR) is 279 cm³/mol. The number of aryl methyl sites for hydroxylation is 2. The van der Waals surface area contributed by atoms with Gasteiger partial charge in [0.2, 0.25) is 0 Å². The van der Waals surface area contributed by atoms with E-state index in [0.717, 1.165) is 77.8 Å². The van der Waals surface area contributed by atoms with Crippen LogP contribution in [0.3, 0.4) is 0 Å². The van der Waals surface area contributed by atoms with Gasteiger partial charge in [0.15, 0.2) is 0 Å². The molecule has 0 bridgehead atoms. The third-order valence-corrected chi connectivity index (χ3v) is 13.9. The molecule has 14 rings (SSSR count). The quantitative estimate of drug-likeness (QED) is 0.118. The van der Waals surface area contributed by atoms with E-state index in [0.29, 0.717) is 11.5 Å². The molecule has 0 aliphatic heterocycles. The molecule has 0 aliphatic rings. The summed E-state index contributed by atoms with van der Waals surface area (Å²) in [7, 11) is 4.37. The van der Waals surface area contributed by atoms with E-state index in [2.05, 4.69) is 225 Å². The molecule has 0 fully saturated rings. The minimum absolute atomic E-state index is 0. The Labute approximate surface area is 417 Å². The summed E-state index contributed by atoms with van der Waals surface area (Å²) in [6.45, 7) is 0. The molecule has 5 heterocycles. The van der Waals surface area contributed by atoms with Crippen LogP contribution in [0.15, 0.2) is 206 Å². The molecule has 336 valence electrons. The number of aromatic nitrogens is 6. The molecule has 0 atom stereocenters. The first-order valence-corrected chi connectivity index (χ1v) is 23.2. The Kier molecular flexibility index (Phi) is 9.72. The first-order chi connectivity index (χ1) is 34.1. The molecule has 0 saturated carbocycles. The van der Waals surface area contributed by atoms with Gasteiger partial charge in [0, 0.05) is 91.0 Å². The summed E-state index contributed by atoms with van der Waals surface area (Å²) in [6.07, 6.45) is 5.64. The number of benzene rings is 9. The summed E-state index contributed by atoms with van der Waals surface area (Å²) in [6, 6.07) is 77.3. The number of ether oxygens (including phenoxy) is 1. The third kappa shape index (κ3) is 6.18. The maximum Gasteiger partial charge on any atom is 0.268 e. The number of para-hydroxylation sites is 5. The van der Waals surface area contributed by atoms with Crippen molar-refractivity contribution < 1.29 is 30.4 Å². The molecule has 0 aliphatic carbocycles. The Hall–Kier alpha value is -8.51. The molecular formula is C62H40N6OPt-2. The van der Waals surface area contributed by atoms with E-state index in [1.165, 1.54) is 38.1 Å². The molecule has 0 amide bonds. The zero-order chi connectivity index (χ0) is 45.7. The van der Waals surface area contributed by atoms with E-state index in [-0.39, 0.29) is 21.1 Å². The van der Waals surface area contributed by atoms with Gasteiger partial charge in [0.05, 0.1) is 27.8 Å². The summed E-state index contributed by atoms with van der Waals surface area (Å²) < 4.78 is 18.1. The molecule has 0 spiro atoms. The molecule has 8 heteroatoms. The van der Waals surface area contributed by atoms with E-state index in [1.807, 2.05) is 36.5 Å². The van der Waals surface area contributed by atoms with Gasteiger partial charge >= 0.3 is 0 Å². The first kappa shape index (κ1) is 41.7. The van der Waals surface area contributed by atoms with Crippen molar-refractivity contribution >= 4 is 76.5 Å². The van der Waals surface area contributed by atoms with Crippen LogP contribution in [-0.2, 0) is 35.2 Å². The van der Waals surface area contributed by atoms with Crippen LogP contribution in [0.25, 0.3) is 116 Å².